The van der Waals surface area contributed by atoms with E-state index >= 15 is 0 Å². The highest BCUT2D eigenvalue weighted by molar-refractivity contribution is 6.22. The van der Waals surface area contributed by atoms with E-state index in [0.29, 0.717) is 44.1 Å². The molecule has 3 heterocycles. The number of imide groups is 1. The van der Waals surface area contributed by atoms with Gasteiger partial charge in [-0.25, -0.2) is 9.88 Å². The van der Waals surface area contributed by atoms with Crippen LogP contribution in [0.5, 0.6) is 0 Å². The molecule has 0 aliphatic carbocycles. The first kappa shape index (κ1) is 20.3. The lowest BCUT2D eigenvalue weighted by molar-refractivity contribution is -0.137. The van der Waals surface area contributed by atoms with E-state index in [2.05, 4.69) is 4.98 Å². The number of nitrogens with zero attached hydrogens (tertiary/aromatic N) is 4. The lowest BCUT2D eigenvalue weighted by atomic mass is 10.2. The first-order valence-corrected chi connectivity index (χ1v) is 9.79. The number of hydrogen-bond acceptors (Lipinski definition) is 5. The smallest absolute Gasteiger partial charge is 0.355 e. The van der Waals surface area contributed by atoms with E-state index in [4.69, 9.17) is 0 Å². The van der Waals surface area contributed by atoms with Gasteiger partial charge in [-0.2, -0.15) is 13.2 Å². The molecule has 0 radical (unpaired) electrons. The van der Waals surface area contributed by atoms with Crippen molar-refractivity contribution >= 4 is 23.3 Å². The van der Waals surface area contributed by atoms with E-state index in [1.807, 2.05) is 15.9 Å². The second-order valence-electron chi connectivity index (χ2n) is 7.40. The van der Waals surface area contributed by atoms with Crippen LogP contribution >= 0.6 is 0 Å². The molecule has 2 aliphatic heterocycles. The molecule has 0 N–H and O–H groups in total. The highest BCUT2D eigenvalue weighted by Crippen LogP contribution is 2.30. The van der Waals surface area contributed by atoms with E-state index in [-0.39, 0.29) is 18.2 Å². The third-order valence-electron chi connectivity index (χ3n) is 5.51. The topological polar surface area (TPSA) is 56.8 Å². The molecule has 1 atom stereocenters. The molecular weight excluding hydrogens is 397 g/mol. The summed E-state index contributed by atoms with van der Waals surface area (Å²) in [5, 5.41) is 0. The molecule has 6 nitrogen and oxygen atoms in total. The zero-order valence-corrected chi connectivity index (χ0v) is 16.2. The fourth-order valence-corrected chi connectivity index (χ4v) is 3.97. The number of anilines is 2. The SMILES string of the molecule is O=C1C[C@@H](N2CCCN(c3ccc(C(F)(F)F)cn3)CC2)C(=O)N1c1ccccc1. The second-order valence-corrected chi connectivity index (χ2v) is 7.40. The number of amides is 2. The number of carbonyl (C=O) groups is 2. The van der Waals surface area contributed by atoms with Gasteiger partial charge in [0.15, 0.2) is 0 Å². The van der Waals surface area contributed by atoms with E-state index < -0.39 is 17.8 Å². The lowest BCUT2D eigenvalue weighted by Crippen LogP contribution is -2.44. The van der Waals surface area contributed by atoms with Gasteiger partial charge in [0.1, 0.15) is 5.82 Å². The molecular formula is C21H21F3N4O2. The van der Waals surface area contributed by atoms with Gasteiger partial charge in [-0.05, 0) is 30.7 Å². The maximum Gasteiger partial charge on any atom is 0.417 e. The van der Waals surface area contributed by atoms with E-state index in [1.165, 1.54) is 11.0 Å². The van der Waals surface area contributed by atoms with Gasteiger partial charge in [-0.15, -0.1) is 0 Å². The van der Waals surface area contributed by atoms with Crippen molar-refractivity contribution in [3.05, 3.63) is 54.2 Å². The van der Waals surface area contributed by atoms with Crippen molar-refractivity contribution < 1.29 is 22.8 Å². The van der Waals surface area contributed by atoms with Crippen LogP contribution in [0.2, 0.25) is 0 Å². The van der Waals surface area contributed by atoms with E-state index in [1.54, 1.807) is 24.3 Å². The maximum absolute atomic E-state index is 12.9. The summed E-state index contributed by atoms with van der Waals surface area (Å²) in [4.78, 5) is 34.5. The average Bonchev–Trinajstić information content (AvgIpc) is 2.89. The van der Waals surface area contributed by atoms with Crippen molar-refractivity contribution in [2.75, 3.05) is 36.0 Å². The molecule has 1 aromatic carbocycles. The summed E-state index contributed by atoms with van der Waals surface area (Å²) in [5.41, 5.74) is -0.209. The van der Waals surface area contributed by atoms with Crippen LogP contribution in [-0.4, -0.2) is 53.9 Å². The standard InChI is InChI=1S/C21H21F3N4O2/c22-21(23,24)15-7-8-18(25-14-15)27-10-4-9-26(11-12-27)17-13-19(29)28(20(17)30)16-5-2-1-3-6-16/h1-3,5-8,14,17H,4,9-13H2/t17-/m1/s1. The number of pyridine rings is 1. The predicted molar refractivity (Wildman–Crippen MR) is 105 cm³/mol. The van der Waals surface area contributed by atoms with Gasteiger partial charge in [-0.1, -0.05) is 18.2 Å². The van der Waals surface area contributed by atoms with Crippen LogP contribution in [0.4, 0.5) is 24.7 Å². The molecule has 4 rings (SSSR count). The molecule has 158 valence electrons. The number of halogens is 3. The average molecular weight is 418 g/mol. The van der Waals surface area contributed by atoms with E-state index in [9.17, 15) is 22.8 Å². The Kier molecular flexibility index (Phi) is 5.46. The minimum atomic E-state index is -4.42. The largest absolute Gasteiger partial charge is 0.417 e. The van der Waals surface area contributed by atoms with E-state index in [0.717, 1.165) is 12.3 Å². The molecule has 0 unspecified atom stereocenters. The Hall–Kier alpha value is -2.94. The second kappa shape index (κ2) is 8.06. The van der Waals surface area contributed by atoms with Gasteiger partial charge in [0.05, 0.1) is 23.7 Å². The summed E-state index contributed by atoms with van der Waals surface area (Å²) >= 11 is 0. The van der Waals surface area contributed by atoms with Crippen LogP contribution in [0.25, 0.3) is 0 Å². The molecule has 9 heteroatoms. The quantitative estimate of drug-likeness (QED) is 0.718. The number of benzene rings is 1. The number of hydrogen-bond donors (Lipinski definition) is 0. The molecule has 30 heavy (non-hydrogen) atoms. The van der Waals surface area contributed by atoms with Crippen LogP contribution in [0.1, 0.15) is 18.4 Å². The molecule has 0 spiro atoms. The Morgan fingerprint density at radius 1 is 0.933 bits per heavy atom. The fourth-order valence-electron chi connectivity index (χ4n) is 3.97. The van der Waals surface area contributed by atoms with Crippen molar-refractivity contribution in [3.8, 4) is 0 Å². The Labute approximate surface area is 171 Å². The Balaban J connectivity index is 1.43. The van der Waals surface area contributed by atoms with Gasteiger partial charge in [0.2, 0.25) is 5.91 Å². The zero-order valence-electron chi connectivity index (χ0n) is 16.2. The van der Waals surface area contributed by atoms with Crippen LogP contribution in [0.3, 0.4) is 0 Å². The fraction of sp³-hybridized carbons (Fsp3) is 0.381. The summed E-state index contributed by atoms with van der Waals surface area (Å²) in [5.74, 6) is 0.0265. The Morgan fingerprint density at radius 3 is 2.37 bits per heavy atom. The van der Waals surface area contributed by atoms with Crippen molar-refractivity contribution in [2.45, 2.75) is 25.1 Å². The summed E-state index contributed by atoms with van der Waals surface area (Å²) in [7, 11) is 0. The molecule has 0 bridgehead atoms. The number of alkyl halides is 3. The number of rotatable bonds is 3. The minimum Gasteiger partial charge on any atom is -0.355 e. The Morgan fingerprint density at radius 2 is 1.70 bits per heavy atom. The van der Waals surface area contributed by atoms with Crippen molar-refractivity contribution in [1.82, 2.24) is 9.88 Å². The third kappa shape index (κ3) is 4.02. The monoisotopic (exact) mass is 418 g/mol. The van der Waals surface area contributed by atoms with Crippen molar-refractivity contribution in [1.29, 1.82) is 0 Å². The first-order valence-electron chi connectivity index (χ1n) is 9.79. The minimum absolute atomic E-state index is 0.131. The first-order chi connectivity index (χ1) is 14.3. The highest BCUT2D eigenvalue weighted by Gasteiger charge is 2.43. The van der Waals surface area contributed by atoms with Crippen molar-refractivity contribution in [2.24, 2.45) is 0 Å². The van der Waals surface area contributed by atoms with Crippen LogP contribution in [0.15, 0.2) is 48.7 Å². The lowest BCUT2D eigenvalue weighted by Gasteiger charge is -2.26. The molecule has 0 saturated carbocycles. The highest BCUT2D eigenvalue weighted by atomic mass is 19.4. The Bertz CT molecular complexity index is 918. The molecule has 1 aromatic heterocycles. The summed E-state index contributed by atoms with van der Waals surface area (Å²) in [6.07, 6.45) is -2.73. The van der Waals surface area contributed by atoms with Crippen molar-refractivity contribution in [3.63, 3.8) is 0 Å². The van der Waals surface area contributed by atoms with Crippen LogP contribution in [0, 0.1) is 0 Å². The normalized spacial score (nSPS) is 21.2. The van der Waals surface area contributed by atoms with Crippen LogP contribution < -0.4 is 9.80 Å². The van der Waals surface area contributed by atoms with Crippen LogP contribution in [-0.2, 0) is 15.8 Å². The zero-order chi connectivity index (χ0) is 21.3. The van der Waals surface area contributed by atoms with Gasteiger partial charge >= 0.3 is 6.18 Å². The summed E-state index contributed by atoms with van der Waals surface area (Å²) in [6, 6.07) is 10.7. The maximum atomic E-state index is 12.9. The molecule has 2 aromatic rings. The summed E-state index contributed by atoms with van der Waals surface area (Å²) in [6.45, 7) is 2.28. The molecule has 2 aliphatic rings. The molecule has 2 fully saturated rings. The van der Waals surface area contributed by atoms with Gasteiger partial charge in [0.25, 0.3) is 5.91 Å². The summed E-state index contributed by atoms with van der Waals surface area (Å²) < 4.78 is 38.2. The molecule has 2 saturated heterocycles. The number of aromatic nitrogens is 1. The molecule has 2 amide bonds. The van der Waals surface area contributed by atoms with Gasteiger partial charge in [-0.3, -0.25) is 14.5 Å². The number of para-hydroxylation sites is 1. The van der Waals surface area contributed by atoms with Gasteiger partial charge in [0, 0.05) is 32.4 Å². The third-order valence-corrected chi connectivity index (χ3v) is 5.51. The number of carbonyl (C=O) groups excluding carboxylic acids is 2. The van der Waals surface area contributed by atoms with Gasteiger partial charge < -0.3 is 4.90 Å². The predicted octanol–water partition coefficient (Wildman–Crippen LogP) is 2.94.